The fraction of sp³-hybridized carbons (Fsp3) is 0.833. The molecule has 1 unspecified atom stereocenters. The molecule has 0 aliphatic rings. The Balaban J connectivity index is 3.66. The van der Waals surface area contributed by atoms with Gasteiger partial charge in [-0.05, 0) is 26.3 Å². The second-order valence-corrected chi connectivity index (χ2v) is 5.18. The zero-order valence-corrected chi connectivity index (χ0v) is 11.2. The fourth-order valence-electron chi connectivity index (χ4n) is 1.33. The highest BCUT2D eigenvalue weighted by Crippen LogP contribution is 2.12. The first-order chi connectivity index (χ1) is 7.79. The summed E-state index contributed by atoms with van der Waals surface area (Å²) < 4.78 is 0. The van der Waals surface area contributed by atoms with E-state index >= 15 is 0 Å². The number of likely N-dealkylation sites (N-methyl/N-ethyl adjacent to an activating group) is 1. The van der Waals surface area contributed by atoms with Crippen LogP contribution in [0.4, 0.5) is 0 Å². The Bertz CT molecular complexity index is 259. The second-order valence-electron chi connectivity index (χ2n) is 5.18. The van der Waals surface area contributed by atoms with Gasteiger partial charge in [-0.15, -0.1) is 0 Å². The van der Waals surface area contributed by atoms with Crippen molar-refractivity contribution >= 4 is 11.9 Å². The summed E-state index contributed by atoms with van der Waals surface area (Å²) in [5.74, 6) is -0.799. The molecule has 0 heterocycles. The minimum atomic E-state index is -0.828. The Labute approximate surface area is 103 Å². The number of carboxylic acids is 1. The van der Waals surface area contributed by atoms with E-state index in [4.69, 9.17) is 5.11 Å². The van der Waals surface area contributed by atoms with Gasteiger partial charge in [0.05, 0.1) is 0 Å². The molecule has 17 heavy (non-hydrogen) atoms. The van der Waals surface area contributed by atoms with Crippen LogP contribution in [0.2, 0.25) is 0 Å². The number of aliphatic carboxylic acids is 1. The third kappa shape index (κ3) is 6.94. The highest BCUT2D eigenvalue weighted by Gasteiger charge is 2.20. The molecule has 0 fully saturated rings. The molecule has 0 saturated heterocycles. The first kappa shape index (κ1) is 15.9. The molecular weight excluding hydrogens is 220 g/mol. The van der Waals surface area contributed by atoms with E-state index < -0.39 is 12.0 Å². The summed E-state index contributed by atoms with van der Waals surface area (Å²) in [6.07, 6.45) is 2.16. The van der Waals surface area contributed by atoms with Crippen molar-refractivity contribution in [2.75, 3.05) is 13.6 Å². The van der Waals surface area contributed by atoms with E-state index in [9.17, 15) is 9.59 Å². The molecule has 0 aliphatic heterocycles. The molecule has 3 N–H and O–H groups in total. The van der Waals surface area contributed by atoms with Crippen molar-refractivity contribution in [2.24, 2.45) is 5.41 Å². The van der Waals surface area contributed by atoms with Crippen LogP contribution in [-0.4, -0.2) is 36.6 Å². The number of hydrogen-bond donors (Lipinski definition) is 3. The lowest BCUT2D eigenvalue weighted by Gasteiger charge is -2.17. The van der Waals surface area contributed by atoms with E-state index in [0.29, 0.717) is 13.0 Å². The van der Waals surface area contributed by atoms with Crippen molar-refractivity contribution in [3.05, 3.63) is 0 Å². The van der Waals surface area contributed by atoms with E-state index in [-0.39, 0.29) is 11.3 Å². The molecule has 0 saturated carbocycles. The first-order valence-electron chi connectivity index (χ1n) is 5.97. The Morgan fingerprint density at radius 3 is 2.24 bits per heavy atom. The third-order valence-corrected chi connectivity index (χ3v) is 2.53. The standard InChI is InChI=1S/C12H24N2O3/c1-12(2,3)11(17)14-8-6-5-7-9(13-4)10(15)16/h9,13H,5-8H2,1-4H3,(H,14,17)(H,15,16). The number of unbranched alkanes of at least 4 members (excludes halogenated alkanes) is 1. The first-order valence-corrected chi connectivity index (χ1v) is 5.97. The molecule has 0 spiro atoms. The number of amides is 1. The van der Waals surface area contributed by atoms with Crippen LogP contribution in [0.25, 0.3) is 0 Å². The molecule has 0 aromatic carbocycles. The SMILES string of the molecule is CNC(CCCCNC(=O)C(C)(C)C)C(=O)O. The summed E-state index contributed by atoms with van der Waals surface area (Å²) in [5.41, 5.74) is -0.366. The van der Waals surface area contributed by atoms with Crippen molar-refractivity contribution in [3.63, 3.8) is 0 Å². The van der Waals surface area contributed by atoms with Gasteiger partial charge in [-0.2, -0.15) is 0 Å². The van der Waals surface area contributed by atoms with E-state index in [2.05, 4.69) is 10.6 Å². The van der Waals surface area contributed by atoms with Gasteiger partial charge in [0.25, 0.3) is 0 Å². The van der Waals surface area contributed by atoms with Gasteiger partial charge in [-0.1, -0.05) is 20.8 Å². The summed E-state index contributed by atoms with van der Waals surface area (Å²) in [6.45, 7) is 6.20. The van der Waals surface area contributed by atoms with E-state index in [1.165, 1.54) is 0 Å². The number of carbonyl (C=O) groups is 2. The second kappa shape index (κ2) is 7.27. The van der Waals surface area contributed by atoms with E-state index in [1.807, 2.05) is 20.8 Å². The van der Waals surface area contributed by atoms with Crippen LogP contribution in [0.5, 0.6) is 0 Å². The summed E-state index contributed by atoms with van der Waals surface area (Å²) in [7, 11) is 1.64. The van der Waals surface area contributed by atoms with Crippen LogP contribution in [-0.2, 0) is 9.59 Å². The lowest BCUT2D eigenvalue weighted by molar-refractivity contribution is -0.139. The van der Waals surface area contributed by atoms with Crippen molar-refractivity contribution in [2.45, 2.75) is 46.1 Å². The van der Waals surface area contributed by atoms with E-state index in [1.54, 1.807) is 7.05 Å². The van der Waals surface area contributed by atoms with Gasteiger partial charge in [0.1, 0.15) is 6.04 Å². The Morgan fingerprint density at radius 2 is 1.82 bits per heavy atom. The van der Waals surface area contributed by atoms with Gasteiger partial charge in [0, 0.05) is 12.0 Å². The number of carbonyl (C=O) groups excluding carboxylic acids is 1. The average molecular weight is 244 g/mol. The van der Waals surface area contributed by atoms with Crippen LogP contribution in [0.1, 0.15) is 40.0 Å². The smallest absolute Gasteiger partial charge is 0.320 e. The molecule has 5 nitrogen and oxygen atoms in total. The van der Waals surface area contributed by atoms with Crippen molar-refractivity contribution in [3.8, 4) is 0 Å². The largest absolute Gasteiger partial charge is 0.480 e. The quantitative estimate of drug-likeness (QED) is 0.584. The van der Waals surface area contributed by atoms with Gasteiger partial charge < -0.3 is 15.7 Å². The van der Waals surface area contributed by atoms with Crippen molar-refractivity contribution < 1.29 is 14.7 Å². The molecule has 5 heteroatoms. The predicted octanol–water partition coefficient (Wildman–Crippen LogP) is 0.992. The minimum Gasteiger partial charge on any atom is -0.480 e. The molecule has 0 aromatic rings. The molecule has 0 aromatic heterocycles. The monoisotopic (exact) mass is 244 g/mol. The Morgan fingerprint density at radius 1 is 1.24 bits per heavy atom. The zero-order valence-electron chi connectivity index (χ0n) is 11.2. The van der Waals surface area contributed by atoms with Crippen LogP contribution in [0.15, 0.2) is 0 Å². The Kier molecular flexibility index (Phi) is 6.80. The molecule has 100 valence electrons. The van der Waals surface area contributed by atoms with Gasteiger partial charge >= 0.3 is 5.97 Å². The van der Waals surface area contributed by atoms with Crippen LogP contribution in [0, 0.1) is 5.41 Å². The summed E-state index contributed by atoms with van der Waals surface area (Å²) in [4.78, 5) is 22.2. The maximum absolute atomic E-state index is 11.5. The van der Waals surface area contributed by atoms with E-state index in [0.717, 1.165) is 12.8 Å². The lowest BCUT2D eigenvalue weighted by Crippen LogP contribution is -2.36. The van der Waals surface area contributed by atoms with Crippen molar-refractivity contribution in [1.29, 1.82) is 0 Å². The van der Waals surface area contributed by atoms with Gasteiger partial charge in [-0.25, -0.2) is 0 Å². The fourth-order valence-corrected chi connectivity index (χ4v) is 1.33. The van der Waals surface area contributed by atoms with Gasteiger partial charge in [0.2, 0.25) is 5.91 Å². The summed E-state index contributed by atoms with van der Waals surface area (Å²) >= 11 is 0. The molecule has 1 amide bonds. The van der Waals surface area contributed by atoms with Crippen LogP contribution < -0.4 is 10.6 Å². The number of rotatable bonds is 7. The maximum Gasteiger partial charge on any atom is 0.320 e. The molecular formula is C12H24N2O3. The minimum absolute atomic E-state index is 0.0286. The predicted molar refractivity (Wildman–Crippen MR) is 66.8 cm³/mol. The number of carboxylic acid groups (broad SMARTS) is 1. The molecule has 0 rings (SSSR count). The number of hydrogen-bond acceptors (Lipinski definition) is 3. The topological polar surface area (TPSA) is 78.4 Å². The van der Waals surface area contributed by atoms with Crippen LogP contribution in [0.3, 0.4) is 0 Å². The normalized spacial score (nSPS) is 13.2. The molecule has 1 atom stereocenters. The van der Waals surface area contributed by atoms with Crippen LogP contribution >= 0.6 is 0 Å². The molecule has 0 aliphatic carbocycles. The summed E-state index contributed by atoms with van der Waals surface area (Å²) in [5, 5.41) is 14.4. The zero-order chi connectivity index (χ0) is 13.5. The third-order valence-electron chi connectivity index (χ3n) is 2.53. The van der Waals surface area contributed by atoms with Gasteiger partial charge in [0.15, 0.2) is 0 Å². The number of nitrogens with one attached hydrogen (secondary N) is 2. The molecule has 0 radical (unpaired) electrons. The average Bonchev–Trinajstić information content (AvgIpc) is 2.20. The van der Waals surface area contributed by atoms with Gasteiger partial charge in [-0.3, -0.25) is 9.59 Å². The highest BCUT2D eigenvalue weighted by atomic mass is 16.4. The van der Waals surface area contributed by atoms with Crippen molar-refractivity contribution in [1.82, 2.24) is 10.6 Å². The highest BCUT2D eigenvalue weighted by molar-refractivity contribution is 5.81. The Hall–Kier alpha value is -1.10. The summed E-state index contributed by atoms with van der Waals surface area (Å²) in [6, 6.07) is -0.492. The lowest BCUT2D eigenvalue weighted by atomic mass is 9.95. The maximum atomic E-state index is 11.5. The molecule has 0 bridgehead atoms.